The highest BCUT2D eigenvalue weighted by Crippen LogP contribution is 2.06. The molecule has 0 aromatic heterocycles. The first-order valence-electron chi connectivity index (χ1n) is 5.51. The number of benzene rings is 1. The summed E-state index contributed by atoms with van der Waals surface area (Å²) in [6.45, 7) is 6.08. The van der Waals surface area contributed by atoms with E-state index in [-0.39, 0.29) is 5.97 Å². The summed E-state index contributed by atoms with van der Waals surface area (Å²) in [5.41, 5.74) is 1.70. The molecule has 0 fully saturated rings. The molecule has 0 saturated carbocycles. The van der Waals surface area contributed by atoms with Gasteiger partial charge in [-0.1, -0.05) is 26.0 Å². The van der Waals surface area contributed by atoms with Crippen molar-refractivity contribution in [2.24, 2.45) is 5.92 Å². The number of nitrogens with one attached hydrogen (secondary N) is 1. The molecule has 0 aliphatic carbocycles. The number of methoxy groups -OCH3 is 1. The highest BCUT2D eigenvalue weighted by molar-refractivity contribution is 5.89. The second-order valence-corrected chi connectivity index (χ2v) is 4.22. The Bertz CT molecular complexity index is 348. The van der Waals surface area contributed by atoms with Crippen LogP contribution in [0.5, 0.6) is 0 Å². The van der Waals surface area contributed by atoms with E-state index in [1.54, 1.807) is 6.07 Å². The quantitative estimate of drug-likeness (QED) is 0.775. The van der Waals surface area contributed by atoms with Gasteiger partial charge in [0.1, 0.15) is 0 Å². The van der Waals surface area contributed by atoms with Crippen LogP contribution in [0.1, 0.15) is 29.8 Å². The molecule has 0 aliphatic heterocycles. The fourth-order valence-electron chi connectivity index (χ4n) is 1.43. The Labute approximate surface area is 96.8 Å². The van der Waals surface area contributed by atoms with E-state index in [1.807, 2.05) is 18.2 Å². The minimum Gasteiger partial charge on any atom is -0.465 e. The molecule has 1 rings (SSSR count). The van der Waals surface area contributed by atoms with Gasteiger partial charge in [0.05, 0.1) is 12.7 Å². The third-order valence-electron chi connectivity index (χ3n) is 2.23. The number of ether oxygens (including phenoxy) is 1. The summed E-state index contributed by atoms with van der Waals surface area (Å²) in [5.74, 6) is 0.342. The molecule has 16 heavy (non-hydrogen) atoms. The molecular formula is C13H19NO2. The van der Waals surface area contributed by atoms with Crippen LogP contribution in [0.2, 0.25) is 0 Å². The number of carbonyl (C=O) groups excluding carboxylic acids is 1. The molecule has 88 valence electrons. The minimum absolute atomic E-state index is 0.286. The standard InChI is InChI=1S/C13H19NO2/c1-10(2)8-14-9-11-5-4-6-12(7-11)13(15)16-3/h4-7,10,14H,8-9H2,1-3H3. The average molecular weight is 221 g/mol. The van der Waals surface area contributed by atoms with Crippen molar-refractivity contribution in [3.8, 4) is 0 Å². The Morgan fingerprint density at radius 2 is 2.19 bits per heavy atom. The summed E-state index contributed by atoms with van der Waals surface area (Å²) in [6.07, 6.45) is 0. The molecule has 0 unspecified atom stereocenters. The van der Waals surface area contributed by atoms with Gasteiger partial charge in [-0.15, -0.1) is 0 Å². The second kappa shape index (κ2) is 6.28. The number of esters is 1. The number of carbonyl (C=O) groups is 1. The Kier molecular flexibility index (Phi) is 4.99. The van der Waals surface area contributed by atoms with E-state index in [2.05, 4.69) is 23.9 Å². The summed E-state index contributed by atoms with van der Waals surface area (Å²) >= 11 is 0. The van der Waals surface area contributed by atoms with Gasteiger partial charge in [-0.2, -0.15) is 0 Å². The van der Waals surface area contributed by atoms with Crippen molar-refractivity contribution >= 4 is 5.97 Å². The summed E-state index contributed by atoms with van der Waals surface area (Å²) in [5, 5.41) is 3.33. The van der Waals surface area contributed by atoms with E-state index in [1.165, 1.54) is 7.11 Å². The lowest BCUT2D eigenvalue weighted by Gasteiger charge is -2.08. The van der Waals surface area contributed by atoms with E-state index in [0.717, 1.165) is 18.7 Å². The molecule has 0 radical (unpaired) electrons. The van der Waals surface area contributed by atoms with Gasteiger partial charge in [0.15, 0.2) is 0 Å². The number of hydrogen-bond acceptors (Lipinski definition) is 3. The van der Waals surface area contributed by atoms with Gasteiger partial charge in [0.2, 0.25) is 0 Å². The third kappa shape index (κ3) is 4.03. The van der Waals surface area contributed by atoms with Crippen LogP contribution in [0.15, 0.2) is 24.3 Å². The second-order valence-electron chi connectivity index (χ2n) is 4.22. The minimum atomic E-state index is -0.286. The first kappa shape index (κ1) is 12.7. The van der Waals surface area contributed by atoms with Crippen LogP contribution >= 0.6 is 0 Å². The first-order chi connectivity index (χ1) is 7.63. The summed E-state index contributed by atoms with van der Waals surface area (Å²) < 4.78 is 4.67. The molecule has 1 N–H and O–H groups in total. The Balaban J connectivity index is 2.57. The van der Waals surface area contributed by atoms with Crippen LogP contribution in [0.4, 0.5) is 0 Å². The molecule has 3 nitrogen and oxygen atoms in total. The SMILES string of the molecule is COC(=O)c1cccc(CNCC(C)C)c1. The maximum Gasteiger partial charge on any atom is 0.337 e. The van der Waals surface area contributed by atoms with Crippen molar-refractivity contribution in [3.63, 3.8) is 0 Å². The van der Waals surface area contributed by atoms with E-state index in [4.69, 9.17) is 0 Å². The smallest absolute Gasteiger partial charge is 0.337 e. The van der Waals surface area contributed by atoms with Crippen LogP contribution < -0.4 is 5.32 Å². The van der Waals surface area contributed by atoms with Gasteiger partial charge in [0.25, 0.3) is 0 Å². The molecule has 0 atom stereocenters. The lowest BCUT2D eigenvalue weighted by Crippen LogP contribution is -2.19. The molecule has 0 saturated heterocycles. The van der Waals surface area contributed by atoms with E-state index < -0.39 is 0 Å². The monoisotopic (exact) mass is 221 g/mol. The topological polar surface area (TPSA) is 38.3 Å². The maximum absolute atomic E-state index is 11.3. The van der Waals surface area contributed by atoms with Gasteiger partial charge < -0.3 is 10.1 Å². The Morgan fingerprint density at radius 1 is 1.44 bits per heavy atom. The molecule has 0 aliphatic rings. The van der Waals surface area contributed by atoms with Crippen molar-refractivity contribution in [1.29, 1.82) is 0 Å². The zero-order chi connectivity index (χ0) is 12.0. The molecule has 1 aromatic carbocycles. The third-order valence-corrected chi connectivity index (χ3v) is 2.23. The molecule has 0 spiro atoms. The summed E-state index contributed by atoms with van der Waals surface area (Å²) in [6, 6.07) is 7.50. The fraction of sp³-hybridized carbons (Fsp3) is 0.462. The molecule has 3 heteroatoms. The van der Waals surface area contributed by atoms with Crippen LogP contribution in [-0.4, -0.2) is 19.6 Å². The molecule has 0 heterocycles. The largest absolute Gasteiger partial charge is 0.465 e. The van der Waals surface area contributed by atoms with Gasteiger partial charge in [-0.3, -0.25) is 0 Å². The highest BCUT2D eigenvalue weighted by Gasteiger charge is 2.05. The van der Waals surface area contributed by atoms with Crippen LogP contribution in [0.3, 0.4) is 0 Å². The van der Waals surface area contributed by atoms with Crippen molar-refractivity contribution < 1.29 is 9.53 Å². The van der Waals surface area contributed by atoms with Gasteiger partial charge in [0, 0.05) is 6.54 Å². The lowest BCUT2D eigenvalue weighted by atomic mass is 10.1. The van der Waals surface area contributed by atoms with Crippen molar-refractivity contribution in [3.05, 3.63) is 35.4 Å². The molecule has 1 aromatic rings. The lowest BCUT2D eigenvalue weighted by molar-refractivity contribution is 0.0600. The predicted octanol–water partition coefficient (Wildman–Crippen LogP) is 2.22. The van der Waals surface area contributed by atoms with Gasteiger partial charge >= 0.3 is 5.97 Å². The van der Waals surface area contributed by atoms with Gasteiger partial charge in [-0.05, 0) is 30.2 Å². The number of hydrogen-bond donors (Lipinski definition) is 1. The Morgan fingerprint density at radius 3 is 2.81 bits per heavy atom. The molecule has 0 bridgehead atoms. The molecular weight excluding hydrogens is 202 g/mol. The van der Waals surface area contributed by atoms with E-state index in [0.29, 0.717) is 11.5 Å². The van der Waals surface area contributed by atoms with Crippen LogP contribution in [0, 0.1) is 5.92 Å². The van der Waals surface area contributed by atoms with E-state index in [9.17, 15) is 4.79 Å². The predicted molar refractivity (Wildman–Crippen MR) is 64.3 cm³/mol. The number of rotatable bonds is 5. The Hall–Kier alpha value is -1.35. The zero-order valence-electron chi connectivity index (χ0n) is 10.1. The summed E-state index contributed by atoms with van der Waals surface area (Å²) in [7, 11) is 1.39. The summed E-state index contributed by atoms with van der Waals surface area (Å²) in [4.78, 5) is 11.3. The highest BCUT2D eigenvalue weighted by atomic mass is 16.5. The van der Waals surface area contributed by atoms with Crippen molar-refractivity contribution in [1.82, 2.24) is 5.32 Å². The fourth-order valence-corrected chi connectivity index (χ4v) is 1.43. The van der Waals surface area contributed by atoms with Crippen molar-refractivity contribution in [2.45, 2.75) is 20.4 Å². The average Bonchev–Trinajstić information content (AvgIpc) is 2.28. The normalized spacial score (nSPS) is 10.5. The first-order valence-corrected chi connectivity index (χ1v) is 5.51. The van der Waals surface area contributed by atoms with Crippen molar-refractivity contribution in [2.75, 3.05) is 13.7 Å². The van der Waals surface area contributed by atoms with E-state index >= 15 is 0 Å². The maximum atomic E-state index is 11.3. The van der Waals surface area contributed by atoms with Crippen LogP contribution in [-0.2, 0) is 11.3 Å². The van der Waals surface area contributed by atoms with Crippen LogP contribution in [0.25, 0.3) is 0 Å². The molecule has 0 amide bonds. The van der Waals surface area contributed by atoms with Gasteiger partial charge in [-0.25, -0.2) is 4.79 Å². The zero-order valence-corrected chi connectivity index (χ0v) is 10.1.